The summed E-state index contributed by atoms with van der Waals surface area (Å²) < 4.78 is 0. The number of hydrogen-bond acceptors (Lipinski definition) is 4. The molecule has 5 rings (SSSR count). The van der Waals surface area contributed by atoms with Crippen LogP contribution in [-0.4, -0.2) is 49.0 Å². The summed E-state index contributed by atoms with van der Waals surface area (Å²) in [7, 11) is 0. The number of benzene rings is 1. The fraction of sp³-hybridized carbons (Fsp3) is 0.545. The Morgan fingerprint density at radius 3 is 2.86 bits per heavy atom. The number of carbonyl (C=O) groups is 1. The van der Waals surface area contributed by atoms with Gasteiger partial charge in [0.2, 0.25) is 0 Å². The minimum absolute atomic E-state index is 0.174. The molecule has 152 valence electrons. The molecule has 1 aliphatic carbocycles. The Labute approximate surface area is 170 Å². The number of fused-ring (bicyclic) bond motifs is 3. The van der Waals surface area contributed by atoms with Crippen molar-refractivity contribution in [1.82, 2.24) is 30.5 Å². The minimum Gasteiger partial charge on any atom is -0.358 e. The highest BCUT2D eigenvalue weighted by Gasteiger charge is 2.51. The van der Waals surface area contributed by atoms with E-state index in [1.54, 1.807) is 0 Å². The average molecular weight is 393 g/mol. The summed E-state index contributed by atoms with van der Waals surface area (Å²) >= 11 is 0. The van der Waals surface area contributed by atoms with E-state index in [-0.39, 0.29) is 11.3 Å². The van der Waals surface area contributed by atoms with Gasteiger partial charge in [-0.05, 0) is 60.8 Å². The van der Waals surface area contributed by atoms with Gasteiger partial charge in [-0.25, -0.2) is 0 Å². The van der Waals surface area contributed by atoms with Crippen molar-refractivity contribution < 1.29 is 4.79 Å². The number of amides is 1. The molecule has 3 aromatic rings. The standard InChI is InChI=1S/C22H28N6O/c1-21(2)10-17-11-22(3,12-21)13-28(17)20(29)14-4-6-18-15(8-14)9-16(23-18)5-7-19-24-26-27-25-19/h4,6,8-9,17,23H,5,7,10-13H2,1-3H3,(H,24,25,26,27)/t17-,22?/m1/s1. The Morgan fingerprint density at radius 1 is 1.21 bits per heavy atom. The molecule has 1 saturated carbocycles. The van der Waals surface area contributed by atoms with Gasteiger partial charge in [-0.2, -0.15) is 5.21 Å². The molecule has 1 saturated heterocycles. The summed E-state index contributed by atoms with van der Waals surface area (Å²) in [5.41, 5.74) is 3.52. The lowest BCUT2D eigenvalue weighted by atomic mass is 9.65. The summed E-state index contributed by atoms with van der Waals surface area (Å²) in [6, 6.07) is 8.50. The van der Waals surface area contributed by atoms with Crippen LogP contribution in [0.15, 0.2) is 24.3 Å². The largest absolute Gasteiger partial charge is 0.358 e. The van der Waals surface area contributed by atoms with Crippen LogP contribution in [0.5, 0.6) is 0 Å². The number of tetrazole rings is 1. The summed E-state index contributed by atoms with van der Waals surface area (Å²) in [5, 5.41) is 15.1. The van der Waals surface area contributed by atoms with Crippen molar-refractivity contribution in [2.45, 2.75) is 58.9 Å². The number of likely N-dealkylation sites (tertiary alicyclic amines) is 1. The molecule has 2 bridgehead atoms. The summed E-state index contributed by atoms with van der Waals surface area (Å²) in [6.07, 6.45) is 4.95. The maximum atomic E-state index is 13.4. The van der Waals surface area contributed by atoms with Gasteiger partial charge in [0, 0.05) is 41.2 Å². The maximum absolute atomic E-state index is 13.4. The zero-order chi connectivity index (χ0) is 20.2. The van der Waals surface area contributed by atoms with E-state index in [9.17, 15) is 4.79 Å². The molecule has 0 spiro atoms. The second-order valence-electron chi connectivity index (χ2n) is 10.1. The van der Waals surface area contributed by atoms with Crippen LogP contribution >= 0.6 is 0 Å². The predicted molar refractivity (Wildman–Crippen MR) is 110 cm³/mol. The van der Waals surface area contributed by atoms with Gasteiger partial charge in [0.05, 0.1) is 0 Å². The zero-order valence-electron chi connectivity index (χ0n) is 17.3. The minimum atomic E-state index is 0.174. The van der Waals surface area contributed by atoms with E-state index in [0.717, 1.165) is 54.4 Å². The molecule has 1 aliphatic heterocycles. The maximum Gasteiger partial charge on any atom is 0.254 e. The van der Waals surface area contributed by atoms with Crippen LogP contribution in [0, 0.1) is 10.8 Å². The molecule has 2 aromatic heterocycles. The Bertz CT molecular complexity index is 1050. The quantitative estimate of drug-likeness (QED) is 0.711. The normalized spacial score (nSPS) is 25.6. The van der Waals surface area contributed by atoms with Gasteiger partial charge in [-0.15, -0.1) is 10.2 Å². The summed E-state index contributed by atoms with van der Waals surface area (Å²) in [4.78, 5) is 18.9. The van der Waals surface area contributed by atoms with Gasteiger partial charge in [-0.1, -0.05) is 26.0 Å². The first-order valence-electron chi connectivity index (χ1n) is 10.5. The second kappa shape index (κ2) is 6.40. The van der Waals surface area contributed by atoms with Crippen LogP contribution in [-0.2, 0) is 12.8 Å². The summed E-state index contributed by atoms with van der Waals surface area (Å²) in [5.74, 6) is 0.879. The number of hydrogen-bond donors (Lipinski definition) is 2. The highest BCUT2D eigenvalue weighted by Crippen LogP contribution is 2.52. The van der Waals surface area contributed by atoms with Crippen LogP contribution in [0.1, 0.15) is 61.9 Å². The number of rotatable bonds is 4. The van der Waals surface area contributed by atoms with Crippen molar-refractivity contribution in [3.05, 3.63) is 41.3 Å². The van der Waals surface area contributed by atoms with E-state index in [2.05, 4.69) is 57.3 Å². The van der Waals surface area contributed by atoms with Gasteiger partial charge >= 0.3 is 0 Å². The van der Waals surface area contributed by atoms with Gasteiger partial charge in [0.25, 0.3) is 5.91 Å². The molecule has 2 aliphatic rings. The monoisotopic (exact) mass is 392 g/mol. The third-order valence-corrected chi connectivity index (χ3v) is 6.61. The topological polar surface area (TPSA) is 90.6 Å². The van der Waals surface area contributed by atoms with E-state index >= 15 is 0 Å². The fourth-order valence-electron chi connectivity index (χ4n) is 5.86. The number of aromatic amines is 2. The van der Waals surface area contributed by atoms with Crippen LogP contribution in [0.3, 0.4) is 0 Å². The van der Waals surface area contributed by atoms with Crippen LogP contribution in [0.4, 0.5) is 0 Å². The van der Waals surface area contributed by atoms with Crippen LogP contribution in [0.25, 0.3) is 10.9 Å². The van der Waals surface area contributed by atoms with Crippen molar-refractivity contribution in [3.63, 3.8) is 0 Å². The number of aryl methyl sites for hydroxylation is 2. The lowest BCUT2D eigenvalue weighted by Gasteiger charge is -2.39. The molecule has 0 radical (unpaired) electrons. The van der Waals surface area contributed by atoms with Crippen molar-refractivity contribution in [1.29, 1.82) is 0 Å². The van der Waals surface area contributed by atoms with Gasteiger partial charge in [0.1, 0.15) is 0 Å². The molecular formula is C22H28N6O. The molecule has 2 fully saturated rings. The highest BCUT2D eigenvalue weighted by molar-refractivity contribution is 5.98. The molecule has 1 unspecified atom stereocenters. The van der Waals surface area contributed by atoms with E-state index in [1.165, 1.54) is 6.42 Å². The zero-order valence-corrected chi connectivity index (χ0v) is 17.3. The molecule has 7 heteroatoms. The molecule has 7 nitrogen and oxygen atoms in total. The van der Waals surface area contributed by atoms with Crippen molar-refractivity contribution in [2.24, 2.45) is 10.8 Å². The molecule has 3 heterocycles. The van der Waals surface area contributed by atoms with Crippen molar-refractivity contribution in [2.75, 3.05) is 6.54 Å². The highest BCUT2D eigenvalue weighted by atomic mass is 16.2. The molecule has 2 atom stereocenters. The Kier molecular flexibility index (Phi) is 4.05. The Balaban J connectivity index is 1.35. The van der Waals surface area contributed by atoms with Crippen molar-refractivity contribution in [3.8, 4) is 0 Å². The molecule has 1 amide bonds. The van der Waals surface area contributed by atoms with Crippen LogP contribution < -0.4 is 0 Å². The predicted octanol–water partition coefficient (Wildman–Crippen LogP) is 3.51. The van der Waals surface area contributed by atoms with Gasteiger partial charge < -0.3 is 9.88 Å². The Morgan fingerprint density at radius 2 is 2.07 bits per heavy atom. The third-order valence-electron chi connectivity index (χ3n) is 6.61. The Hall–Kier alpha value is -2.70. The number of H-pyrrole nitrogens is 2. The fourth-order valence-corrected chi connectivity index (χ4v) is 5.86. The van der Waals surface area contributed by atoms with Crippen LogP contribution in [0.2, 0.25) is 0 Å². The van der Waals surface area contributed by atoms with Crippen molar-refractivity contribution >= 4 is 16.8 Å². The lowest BCUT2D eigenvalue weighted by molar-refractivity contribution is 0.0708. The first-order valence-corrected chi connectivity index (χ1v) is 10.5. The SMILES string of the molecule is CC1(C)C[C@@H]2CC(C)(CN2C(=O)c2ccc3[nH]c(CCc4nn[nH]n4)cc3c2)C1. The number of aromatic nitrogens is 5. The third kappa shape index (κ3) is 3.43. The number of carbonyl (C=O) groups excluding carboxylic acids is 1. The van der Waals surface area contributed by atoms with Gasteiger partial charge in [0.15, 0.2) is 5.82 Å². The lowest BCUT2D eigenvalue weighted by Crippen LogP contribution is -2.37. The molecule has 2 N–H and O–H groups in total. The smallest absolute Gasteiger partial charge is 0.254 e. The van der Waals surface area contributed by atoms with E-state index in [4.69, 9.17) is 0 Å². The van der Waals surface area contributed by atoms with E-state index in [1.807, 2.05) is 18.2 Å². The first kappa shape index (κ1) is 18.3. The second-order valence-corrected chi connectivity index (χ2v) is 10.1. The van der Waals surface area contributed by atoms with E-state index in [0.29, 0.717) is 17.3 Å². The summed E-state index contributed by atoms with van der Waals surface area (Å²) in [6.45, 7) is 7.90. The van der Waals surface area contributed by atoms with Gasteiger partial charge in [-0.3, -0.25) is 4.79 Å². The van der Waals surface area contributed by atoms with E-state index < -0.39 is 0 Å². The molecular weight excluding hydrogens is 364 g/mol. The first-order chi connectivity index (χ1) is 13.8. The molecule has 1 aromatic carbocycles. The molecule has 29 heavy (non-hydrogen) atoms. The number of nitrogens with one attached hydrogen (secondary N) is 2. The number of nitrogens with zero attached hydrogens (tertiary/aromatic N) is 4. The average Bonchev–Trinajstić information content (AvgIpc) is 3.35.